The van der Waals surface area contributed by atoms with E-state index in [4.69, 9.17) is 9.47 Å². The number of esters is 1. The first-order valence-corrected chi connectivity index (χ1v) is 7.41. The number of hydrogen-bond acceptors (Lipinski definition) is 5. The van der Waals surface area contributed by atoms with Crippen molar-refractivity contribution in [3.05, 3.63) is 35.9 Å². The van der Waals surface area contributed by atoms with Crippen LogP contribution in [0.15, 0.2) is 30.3 Å². The second-order valence-corrected chi connectivity index (χ2v) is 5.16. The van der Waals surface area contributed by atoms with Crippen LogP contribution in [0.3, 0.4) is 0 Å². The number of carbonyl (C=O) groups excluding carboxylic acids is 2. The number of amides is 1. The molecule has 1 amide bonds. The molecule has 0 bridgehead atoms. The van der Waals surface area contributed by atoms with E-state index in [2.05, 4.69) is 0 Å². The average molecular weight is 321 g/mol. The Bertz CT molecular complexity index is 573. The maximum Gasteiger partial charge on any atom is 0.410 e. The third-order valence-electron chi connectivity index (χ3n) is 3.68. The van der Waals surface area contributed by atoms with Crippen LogP contribution in [0.1, 0.15) is 18.9 Å². The third-order valence-corrected chi connectivity index (χ3v) is 3.68. The lowest BCUT2D eigenvalue weighted by atomic mass is 10.0. The average Bonchev–Trinajstić information content (AvgIpc) is 2.99. The van der Waals surface area contributed by atoms with E-state index in [-0.39, 0.29) is 26.2 Å². The molecule has 0 saturated carbocycles. The van der Waals surface area contributed by atoms with Crippen molar-refractivity contribution >= 4 is 18.0 Å². The molecule has 7 heteroatoms. The quantitative estimate of drug-likeness (QED) is 0.829. The van der Waals surface area contributed by atoms with Crippen molar-refractivity contribution in [3.8, 4) is 0 Å². The van der Waals surface area contributed by atoms with Crippen LogP contribution in [0.4, 0.5) is 4.79 Å². The van der Waals surface area contributed by atoms with Crippen LogP contribution in [-0.4, -0.2) is 47.2 Å². The smallest absolute Gasteiger partial charge is 0.410 e. The zero-order chi connectivity index (χ0) is 16.8. The number of likely N-dealkylation sites (tertiary alicyclic amines) is 1. The van der Waals surface area contributed by atoms with Gasteiger partial charge in [0.15, 0.2) is 0 Å². The Morgan fingerprint density at radius 2 is 1.91 bits per heavy atom. The molecule has 1 saturated heterocycles. The summed E-state index contributed by atoms with van der Waals surface area (Å²) < 4.78 is 10.0. The van der Waals surface area contributed by atoms with Gasteiger partial charge in [-0.1, -0.05) is 30.3 Å². The molecule has 1 fully saturated rings. The van der Waals surface area contributed by atoms with Gasteiger partial charge in [0.1, 0.15) is 12.6 Å². The zero-order valence-electron chi connectivity index (χ0n) is 12.8. The summed E-state index contributed by atoms with van der Waals surface area (Å²) in [5.41, 5.74) is 0.800. The first kappa shape index (κ1) is 16.8. The lowest BCUT2D eigenvalue weighted by Crippen LogP contribution is -2.45. The number of hydrogen-bond donors (Lipinski definition) is 1. The SMILES string of the molecule is CCOC(=O)[C@@H]1CCN(C(=O)OCc2ccccc2)[C@@H]1C(=O)O. The lowest BCUT2D eigenvalue weighted by Gasteiger charge is -2.23. The van der Waals surface area contributed by atoms with Gasteiger partial charge < -0.3 is 14.6 Å². The Morgan fingerprint density at radius 1 is 1.22 bits per heavy atom. The molecule has 7 nitrogen and oxygen atoms in total. The largest absolute Gasteiger partial charge is 0.480 e. The number of carbonyl (C=O) groups is 3. The van der Waals surface area contributed by atoms with Crippen molar-refractivity contribution in [2.24, 2.45) is 5.92 Å². The van der Waals surface area contributed by atoms with Crippen LogP contribution < -0.4 is 0 Å². The van der Waals surface area contributed by atoms with E-state index in [0.29, 0.717) is 0 Å². The number of carboxylic acid groups (broad SMARTS) is 1. The summed E-state index contributed by atoms with van der Waals surface area (Å²) >= 11 is 0. The van der Waals surface area contributed by atoms with Crippen molar-refractivity contribution in [2.45, 2.75) is 26.0 Å². The van der Waals surface area contributed by atoms with E-state index in [1.54, 1.807) is 19.1 Å². The zero-order valence-corrected chi connectivity index (χ0v) is 12.8. The molecule has 124 valence electrons. The van der Waals surface area contributed by atoms with Gasteiger partial charge in [0, 0.05) is 6.54 Å². The van der Waals surface area contributed by atoms with Crippen LogP contribution in [0.5, 0.6) is 0 Å². The normalized spacial score (nSPS) is 20.1. The molecule has 2 atom stereocenters. The van der Waals surface area contributed by atoms with E-state index >= 15 is 0 Å². The highest BCUT2D eigenvalue weighted by Crippen LogP contribution is 2.27. The molecule has 1 heterocycles. The maximum absolute atomic E-state index is 12.1. The Balaban J connectivity index is 2.01. The number of ether oxygens (including phenoxy) is 2. The maximum atomic E-state index is 12.1. The van der Waals surface area contributed by atoms with Crippen molar-refractivity contribution in [1.29, 1.82) is 0 Å². The van der Waals surface area contributed by atoms with Gasteiger partial charge in [-0.25, -0.2) is 9.59 Å². The summed E-state index contributed by atoms with van der Waals surface area (Å²) in [6.45, 7) is 2.01. The molecular formula is C16H19NO6. The van der Waals surface area contributed by atoms with Gasteiger partial charge in [0.05, 0.1) is 12.5 Å². The van der Waals surface area contributed by atoms with Crippen molar-refractivity contribution < 1.29 is 29.0 Å². The highest BCUT2D eigenvalue weighted by molar-refractivity contribution is 5.88. The standard InChI is InChI=1S/C16H19NO6/c1-2-22-15(20)12-8-9-17(13(12)14(18)19)16(21)23-10-11-6-4-3-5-7-11/h3-7,12-13H,2,8-10H2,1H3,(H,18,19)/t12-,13+/m1/s1. The molecular weight excluding hydrogens is 302 g/mol. The van der Waals surface area contributed by atoms with Crippen LogP contribution in [0.25, 0.3) is 0 Å². The van der Waals surface area contributed by atoms with Gasteiger partial charge in [-0.05, 0) is 18.9 Å². The second-order valence-electron chi connectivity index (χ2n) is 5.16. The van der Waals surface area contributed by atoms with E-state index in [1.807, 2.05) is 18.2 Å². The molecule has 2 rings (SSSR count). The summed E-state index contributed by atoms with van der Waals surface area (Å²) in [6.07, 6.45) is -0.496. The van der Waals surface area contributed by atoms with Gasteiger partial charge in [0.25, 0.3) is 0 Å². The number of aliphatic carboxylic acids is 1. The van der Waals surface area contributed by atoms with E-state index in [1.165, 1.54) is 0 Å². The summed E-state index contributed by atoms with van der Waals surface area (Å²) in [5, 5.41) is 9.35. The summed E-state index contributed by atoms with van der Waals surface area (Å²) in [7, 11) is 0. The molecule has 1 aromatic rings. The van der Waals surface area contributed by atoms with Crippen LogP contribution in [0, 0.1) is 5.92 Å². The Kier molecular flexibility index (Phi) is 5.56. The van der Waals surface area contributed by atoms with Crippen molar-refractivity contribution in [2.75, 3.05) is 13.2 Å². The highest BCUT2D eigenvalue weighted by Gasteiger charge is 2.47. The fourth-order valence-electron chi connectivity index (χ4n) is 2.60. The van der Waals surface area contributed by atoms with Crippen LogP contribution >= 0.6 is 0 Å². The molecule has 0 radical (unpaired) electrons. The number of rotatable bonds is 5. The third kappa shape index (κ3) is 4.00. The minimum atomic E-state index is -1.25. The Labute approximate surface area is 133 Å². The molecule has 0 aliphatic carbocycles. The molecule has 1 N–H and O–H groups in total. The molecule has 1 aliphatic heterocycles. The predicted octanol–water partition coefficient (Wildman–Crippen LogP) is 1.66. The molecule has 0 spiro atoms. The molecule has 0 aromatic heterocycles. The molecule has 1 aromatic carbocycles. The van der Waals surface area contributed by atoms with Gasteiger partial charge in [0.2, 0.25) is 0 Å². The fourth-order valence-corrected chi connectivity index (χ4v) is 2.60. The van der Waals surface area contributed by atoms with Crippen molar-refractivity contribution in [1.82, 2.24) is 4.90 Å². The van der Waals surface area contributed by atoms with Crippen LogP contribution in [0.2, 0.25) is 0 Å². The summed E-state index contributed by atoms with van der Waals surface area (Å²) in [5.74, 6) is -2.70. The van der Waals surface area contributed by atoms with E-state index < -0.39 is 30.0 Å². The first-order chi connectivity index (χ1) is 11.0. The molecule has 1 aliphatic rings. The molecule has 23 heavy (non-hydrogen) atoms. The first-order valence-electron chi connectivity index (χ1n) is 7.41. The van der Waals surface area contributed by atoms with Crippen molar-refractivity contribution in [3.63, 3.8) is 0 Å². The second kappa shape index (κ2) is 7.62. The predicted molar refractivity (Wildman–Crippen MR) is 79.5 cm³/mol. The van der Waals surface area contributed by atoms with E-state index in [0.717, 1.165) is 10.5 Å². The number of nitrogens with zero attached hydrogens (tertiary/aromatic N) is 1. The Morgan fingerprint density at radius 3 is 2.52 bits per heavy atom. The van der Waals surface area contributed by atoms with Gasteiger partial charge in [-0.15, -0.1) is 0 Å². The topological polar surface area (TPSA) is 93.1 Å². The summed E-state index contributed by atoms with van der Waals surface area (Å²) in [4.78, 5) is 36.5. The van der Waals surface area contributed by atoms with Gasteiger partial charge in [-0.2, -0.15) is 0 Å². The Hall–Kier alpha value is -2.57. The highest BCUT2D eigenvalue weighted by atomic mass is 16.6. The minimum absolute atomic E-state index is 0.0482. The monoisotopic (exact) mass is 321 g/mol. The van der Waals surface area contributed by atoms with E-state index in [9.17, 15) is 19.5 Å². The number of carboxylic acids is 1. The number of benzene rings is 1. The summed E-state index contributed by atoms with van der Waals surface area (Å²) in [6, 6.07) is 7.82. The van der Waals surface area contributed by atoms with Gasteiger partial charge in [-0.3, -0.25) is 9.69 Å². The van der Waals surface area contributed by atoms with Gasteiger partial charge >= 0.3 is 18.0 Å². The fraction of sp³-hybridized carbons (Fsp3) is 0.438. The minimum Gasteiger partial charge on any atom is -0.480 e. The lowest BCUT2D eigenvalue weighted by molar-refractivity contribution is -0.155. The van der Waals surface area contributed by atoms with Crippen LogP contribution in [-0.2, 0) is 25.7 Å². The molecule has 0 unspecified atom stereocenters.